The molecule has 1 amide bonds. The third kappa shape index (κ3) is 2.11. The van der Waals surface area contributed by atoms with Crippen molar-refractivity contribution in [1.82, 2.24) is 14.5 Å². The third-order valence-electron chi connectivity index (χ3n) is 2.17. The summed E-state index contributed by atoms with van der Waals surface area (Å²) in [6.45, 7) is 1.73. The Morgan fingerprint density at radius 2 is 2.43 bits per heavy atom. The number of rotatable bonds is 3. The van der Waals surface area contributed by atoms with E-state index in [2.05, 4.69) is 4.98 Å². The molecule has 1 aromatic heterocycles. The smallest absolute Gasteiger partial charge is 0.274 e. The lowest BCUT2D eigenvalue weighted by Gasteiger charge is -2.21. The van der Waals surface area contributed by atoms with Crippen LogP contribution in [0.1, 0.15) is 17.4 Å². The van der Waals surface area contributed by atoms with Gasteiger partial charge in [0.2, 0.25) is 0 Å². The van der Waals surface area contributed by atoms with Gasteiger partial charge in [0.25, 0.3) is 5.91 Å². The van der Waals surface area contributed by atoms with Gasteiger partial charge >= 0.3 is 0 Å². The number of aliphatic hydroxyl groups is 1. The topological polar surface area (TPSA) is 58.4 Å². The number of imidazole rings is 1. The second-order valence-corrected chi connectivity index (χ2v) is 3.37. The van der Waals surface area contributed by atoms with Crippen molar-refractivity contribution in [3.8, 4) is 0 Å². The average Bonchev–Trinajstić information content (AvgIpc) is 2.61. The van der Waals surface area contributed by atoms with E-state index in [-0.39, 0.29) is 18.6 Å². The lowest BCUT2D eigenvalue weighted by molar-refractivity contribution is 0.0677. The summed E-state index contributed by atoms with van der Waals surface area (Å²) in [5.41, 5.74) is 0.398. The largest absolute Gasteiger partial charge is 0.394 e. The van der Waals surface area contributed by atoms with Crippen LogP contribution in [0.15, 0.2) is 12.5 Å². The van der Waals surface area contributed by atoms with Crippen LogP contribution in [-0.2, 0) is 7.05 Å². The van der Waals surface area contributed by atoms with Crippen molar-refractivity contribution in [2.24, 2.45) is 7.05 Å². The predicted molar refractivity (Wildman–Crippen MR) is 51.8 cm³/mol. The monoisotopic (exact) mass is 197 g/mol. The van der Waals surface area contributed by atoms with Crippen molar-refractivity contribution < 1.29 is 9.90 Å². The Balaban J connectivity index is 2.75. The molecule has 1 N–H and O–H groups in total. The van der Waals surface area contributed by atoms with Gasteiger partial charge in [-0.15, -0.1) is 0 Å². The third-order valence-corrected chi connectivity index (χ3v) is 2.17. The fraction of sp³-hybridized carbons (Fsp3) is 0.556. The van der Waals surface area contributed by atoms with Crippen LogP contribution in [0, 0.1) is 0 Å². The number of likely N-dealkylation sites (N-methyl/N-ethyl adjacent to an activating group) is 1. The Bertz CT molecular complexity index is 322. The van der Waals surface area contributed by atoms with Gasteiger partial charge in [-0.2, -0.15) is 0 Å². The Labute approximate surface area is 83.0 Å². The molecule has 0 saturated heterocycles. The summed E-state index contributed by atoms with van der Waals surface area (Å²) in [5.74, 6) is -0.174. The summed E-state index contributed by atoms with van der Waals surface area (Å²) in [7, 11) is 3.46. The van der Waals surface area contributed by atoms with Crippen LogP contribution in [0.2, 0.25) is 0 Å². The quantitative estimate of drug-likeness (QED) is 0.734. The summed E-state index contributed by atoms with van der Waals surface area (Å²) >= 11 is 0. The van der Waals surface area contributed by atoms with Crippen LogP contribution in [0.4, 0.5) is 0 Å². The van der Waals surface area contributed by atoms with Crippen molar-refractivity contribution in [3.63, 3.8) is 0 Å². The highest BCUT2D eigenvalue weighted by Gasteiger charge is 2.18. The lowest BCUT2D eigenvalue weighted by atomic mass is 10.3. The van der Waals surface area contributed by atoms with Crippen molar-refractivity contribution in [3.05, 3.63) is 18.2 Å². The summed E-state index contributed by atoms with van der Waals surface area (Å²) in [6.07, 6.45) is 3.23. The lowest BCUT2D eigenvalue weighted by Crippen LogP contribution is -2.37. The minimum atomic E-state index is -0.190. The molecule has 0 aliphatic rings. The highest BCUT2D eigenvalue weighted by molar-refractivity contribution is 5.92. The van der Waals surface area contributed by atoms with Crippen LogP contribution in [0.3, 0.4) is 0 Å². The molecule has 1 atom stereocenters. The van der Waals surface area contributed by atoms with E-state index in [9.17, 15) is 4.79 Å². The van der Waals surface area contributed by atoms with Crippen LogP contribution in [0.5, 0.6) is 0 Å². The summed E-state index contributed by atoms with van der Waals surface area (Å²) in [4.78, 5) is 17.1. The summed E-state index contributed by atoms with van der Waals surface area (Å²) in [6, 6.07) is -0.190. The van der Waals surface area contributed by atoms with Crippen LogP contribution >= 0.6 is 0 Å². The molecule has 0 bridgehead atoms. The number of hydrogen-bond donors (Lipinski definition) is 1. The fourth-order valence-electron chi connectivity index (χ4n) is 1.03. The molecule has 1 aromatic rings. The fourth-order valence-corrected chi connectivity index (χ4v) is 1.03. The Hall–Kier alpha value is -1.36. The number of carbonyl (C=O) groups excluding carboxylic acids is 1. The van der Waals surface area contributed by atoms with E-state index in [1.807, 2.05) is 0 Å². The van der Waals surface area contributed by atoms with Gasteiger partial charge < -0.3 is 14.6 Å². The molecule has 1 heterocycles. The second-order valence-electron chi connectivity index (χ2n) is 3.37. The molecule has 0 saturated carbocycles. The molecular formula is C9H15N3O2. The highest BCUT2D eigenvalue weighted by atomic mass is 16.3. The number of carbonyl (C=O) groups is 1. The molecule has 1 unspecified atom stereocenters. The normalized spacial score (nSPS) is 12.6. The van der Waals surface area contributed by atoms with Crippen LogP contribution in [-0.4, -0.2) is 45.2 Å². The molecule has 0 spiro atoms. The van der Waals surface area contributed by atoms with E-state index in [0.29, 0.717) is 5.69 Å². The van der Waals surface area contributed by atoms with E-state index in [1.165, 1.54) is 4.90 Å². The van der Waals surface area contributed by atoms with Crippen molar-refractivity contribution in [1.29, 1.82) is 0 Å². The van der Waals surface area contributed by atoms with E-state index < -0.39 is 0 Å². The molecule has 5 heteroatoms. The van der Waals surface area contributed by atoms with Gasteiger partial charge in [0.05, 0.1) is 19.0 Å². The second kappa shape index (κ2) is 4.23. The van der Waals surface area contributed by atoms with Gasteiger partial charge in [0, 0.05) is 20.3 Å². The van der Waals surface area contributed by atoms with E-state index >= 15 is 0 Å². The van der Waals surface area contributed by atoms with Gasteiger partial charge in [0.1, 0.15) is 5.69 Å². The van der Waals surface area contributed by atoms with Crippen LogP contribution < -0.4 is 0 Å². The van der Waals surface area contributed by atoms with E-state index in [0.717, 1.165) is 0 Å². The molecule has 1 rings (SSSR count). The maximum Gasteiger partial charge on any atom is 0.274 e. The molecule has 78 valence electrons. The standard InChI is InChI=1S/C9H15N3O2/c1-7(5-13)12(3)9(14)8-4-11(2)6-10-8/h4,6-7,13H,5H2,1-3H3. The molecule has 0 aliphatic heterocycles. The van der Waals surface area contributed by atoms with Crippen molar-refractivity contribution in [2.45, 2.75) is 13.0 Å². The average molecular weight is 197 g/mol. The molecule has 0 radical (unpaired) electrons. The zero-order chi connectivity index (χ0) is 10.7. The first-order valence-corrected chi connectivity index (χ1v) is 4.42. The summed E-state index contributed by atoms with van der Waals surface area (Å²) in [5, 5.41) is 8.89. The van der Waals surface area contributed by atoms with Crippen molar-refractivity contribution >= 4 is 5.91 Å². The number of aliphatic hydroxyl groups excluding tert-OH is 1. The van der Waals surface area contributed by atoms with Gasteiger partial charge in [-0.3, -0.25) is 4.79 Å². The molecule has 0 aromatic carbocycles. The number of nitrogens with zero attached hydrogens (tertiary/aromatic N) is 3. The highest BCUT2D eigenvalue weighted by Crippen LogP contribution is 2.03. The van der Waals surface area contributed by atoms with Crippen LogP contribution in [0.25, 0.3) is 0 Å². The van der Waals surface area contributed by atoms with Gasteiger partial charge in [-0.1, -0.05) is 0 Å². The van der Waals surface area contributed by atoms with Crippen molar-refractivity contribution in [2.75, 3.05) is 13.7 Å². The zero-order valence-corrected chi connectivity index (χ0v) is 8.64. The summed E-state index contributed by atoms with van der Waals surface area (Å²) < 4.78 is 1.71. The molecule has 0 fully saturated rings. The minimum absolute atomic E-state index is 0.0466. The number of amides is 1. The van der Waals surface area contributed by atoms with Gasteiger partial charge in [-0.25, -0.2) is 4.98 Å². The molecule has 5 nitrogen and oxygen atoms in total. The predicted octanol–water partition coefficient (Wildman–Crippen LogP) is -0.127. The van der Waals surface area contributed by atoms with E-state index in [1.54, 1.807) is 38.1 Å². The number of hydrogen-bond acceptors (Lipinski definition) is 3. The van der Waals surface area contributed by atoms with E-state index in [4.69, 9.17) is 5.11 Å². The number of aromatic nitrogens is 2. The Kier molecular flexibility index (Phi) is 3.24. The minimum Gasteiger partial charge on any atom is -0.394 e. The maximum atomic E-state index is 11.7. The first-order valence-electron chi connectivity index (χ1n) is 4.42. The molecule has 0 aliphatic carbocycles. The SMILES string of the molecule is CC(CO)N(C)C(=O)c1cn(C)cn1. The zero-order valence-electron chi connectivity index (χ0n) is 8.64. The first-order chi connectivity index (χ1) is 6.56. The van der Waals surface area contributed by atoms with Gasteiger partial charge in [0.15, 0.2) is 0 Å². The Morgan fingerprint density at radius 3 is 2.86 bits per heavy atom. The van der Waals surface area contributed by atoms with Gasteiger partial charge in [-0.05, 0) is 6.92 Å². The molecular weight excluding hydrogens is 182 g/mol. The Morgan fingerprint density at radius 1 is 1.79 bits per heavy atom. The maximum absolute atomic E-state index is 11.7. The first kappa shape index (κ1) is 10.7. The number of aryl methyl sites for hydroxylation is 1. The molecule has 14 heavy (non-hydrogen) atoms.